The number of carboxylic acids is 1. The molecule has 27 heavy (non-hydrogen) atoms. The van der Waals surface area contributed by atoms with Crippen LogP contribution in [0, 0.1) is 5.82 Å². The zero-order chi connectivity index (χ0) is 20.0. The number of halogens is 3. The smallest absolute Gasteiger partial charge is 0.387 e. The number of hydrogen-bond acceptors (Lipinski definition) is 4. The molecule has 1 aliphatic carbocycles. The predicted octanol–water partition coefficient (Wildman–Crippen LogP) is 2.16. The number of hydrogen-bond donors (Lipinski definition) is 3. The second-order valence-electron chi connectivity index (χ2n) is 6.20. The molecular weight excluding hydrogens is 367 g/mol. The first-order chi connectivity index (χ1) is 12.8. The van der Waals surface area contributed by atoms with E-state index in [1.807, 2.05) is 11.8 Å². The summed E-state index contributed by atoms with van der Waals surface area (Å²) in [5.41, 5.74) is -0.168. The lowest BCUT2D eigenvalue weighted by Gasteiger charge is -2.42. The molecule has 0 aliphatic heterocycles. The Morgan fingerprint density at radius 3 is 2.67 bits per heavy atom. The maximum Gasteiger partial charge on any atom is 0.387 e. The Labute approximate surface area is 154 Å². The van der Waals surface area contributed by atoms with Crippen LogP contribution in [0.15, 0.2) is 18.2 Å². The normalized spacial score (nSPS) is 18.9. The molecule has 10 heteroatoms. The number of amides is 2. The van der Waals surface area contributed by atoms with Crippen molar-refractivity contribution in [2.45, 2.75) is 45.0 Å². The van der Waals surface area contributed by atoms with Gasteiger partial charge in [0.2, 0.25) is 0 Å². The van der Waals surface area contributed by atoms with Crippen LogP contribution in [0.25, 0.3) is 0 Å². The van der Waals surface area contributed by atoms with E-state index in [1.54, 1.807) is 0 Å². The first kappa shape index (κ1) is 20.8. The molecule has 0 heterocycles. The van der Waals surface area contributed by atoms with Gasteiger partial charge in [-0.3, -0.25) is 9.69 Å². The fraction of sp³-hybridized carbons (Fsp3) is 0.529. The second-order valence-corrected chi connectivity index (χ2v) is 6.20. The molecule has 0 aromatic heterocycles. The molecule has 1 saturated carbocycles. The molecule has 150 valence electrons. The van der Waals surface area contributed by atoms with Gasteiger partial charge in [-0.25, -0.2) is 9.18 Å². The summed E-state index contributed by atoms with van der Waals surface area (Å²) in [5.74, 6) is -2.00. The molecule has 2 amide bonds. The van der Waals surface area contributed by atoms with Gasteiger partial charge in [0.1, 0.15) is 11.6 Å². The maximum absolute atomic E-state index is 13.8. The van der Waals surface area contributed by atoms with Crippen LogP contribution in [0.1, 0.15) is 25.3 Å². The van der Waals surface area contributed by atoms with Gasteiger partial charge in [-0.2, -0.15) is 8.78 Å². The highest BCUT2D eigenvalue weighted by Crippen LogP contribution is 2.26. The van der Waals surface area contributed by atoms with E-state index >= 15 is 0 Å². The Balaban J connectivity index is 1.81. The zero-order valence-electron chi connectivity index (χ0n) is 14.8. The molecule has 0 radical (unpaired) electrons. The van der Waals surface area contributed by atoms with Crippen molar-refractivity contribution in [3.63, 3.8) is 0 Å². The summed E-state index contributed by atoms with van der Waals surface area (Å²) in [4.78, 5) is 24.6. The number of alkyl halides is 2. The van der Waals surface area contributed by atoms with Gasteiger partial charge in [-0.05, 0) is 31.5 Å². The van der Waals surface area contributed by atoms with Gasteiger partial charge in [0.15, 0.2) is 0 Å². The van der Waals surface area contributed by atoms with Crippen molar-refractivity contribution in [1.29, 1.82) is 0 Å². The minimum atomic E-state index is -3.10. The van der Waals surface area contributed by atoms with Crippen molar-refractivity contribution < 1.29 is 32.6 Å². The van der Waals surface area contributed by atoms with Gasteiger partial charge in [-0.15, -0.1) is 0 Å². The van der Waals surface area contributed by atoms with Gasteiger partial charge >= 0.3 is 18.6 Å². The van der Waals surface area contributed by atoms with E-state index in [0.717, 1.165) is 6.07 Å². The fourth-order valence-corrected chi connectivity index (χ4v) is 3.00. The second kappa shape index (κ2) is 9.45. The van der Waals surface area contributed by atoms with Crippen LogP contribution in [0.2, 0.25) is 0 Å². The van der Waals surface area contributed by atoms with Crippen LogP contribution in [0.5, 0.6) is 5.75 Å². The number of nitrogens with zero attached hydrogens (tertiary/aromatic N) is 1. The average Bonchev–Trinajstić information content (AvgIpc) is 2.54. The number of carbonyl (C=O) groups excluding carboxylic acids is 1. The maximum atomic E-state index is 13.8. The molecule has 1 aliphatic rings. The summed E-state index contributed by atoms with van der Waals surface area (Å²) in [5, 5.41) is 14.0. The molecule has 0 unspecified atom stereocenters. The number of aliphatic carboxylic acids is 1. The van der Waals surface area contributed by atoms with Crippen molar-refractivity contribution in [2.24, 2.45) is 0 Å². The van der Waals surface area contributed by atoms with Crippen molar-refractivity contribution in [3.05, 3.63) is 29.6 Å². The van der Waals surface area contributed by atoms with E-state index in [9.17, 15) is 22.8 Å². The third-order valence-electron chi connectivity index (χ3n) is 4.43. The number of benzene rings is 1. The van der Waals surface area contributed by atoms with Gasteiger partial charge in [0.05, 0.1) is 13.1 Å². The van der Waals surface area contributed by atoms with Crippen molar-refractivity contribution in [2.75, 3.05) is 13.1 Å². The molecular formula is C17H22F3N3O4. The Bertz CT molecular complexity index is 669. The number of likely N-dealkylation sites (N-methyl/N-ethyl adjacent to an activating group) is 1. The third kappa shape index (κ3) is 6.02. The van der Waals surface area contributed by atoms with E-state index < -0.39 is 24.4 Å². The first-order valence-electron chi connectivity index (χ1n) is 8.52. The van der Waals surface area contributed by atoms with Gasteiger partial charge in [-0.1, -0.05) is 13.0 Å². The van der Waals surface area contributed by atoms with Crippen LogP contribution >= 0.6 is 0 Å². The highest BCUT2D eigenvalue weighted by atomic mass is 19.3. The Kier molecular flexibility index (Phi) is 7.28. The molecule has 3 N–H and O–H groups in total. The summed E-state index contributed by atoms with van der Waals surface area (Å²) in [7, 11) is 0. The number of carboxylic acid groups (broad SMARTS) is 1. The van der Waals surface area contributed by atoms with E-state index in [4.69, 9.17) is 5.11 Å². The molecule has 1 aromatic carbocycles. The average molecular weight is 389 g/mol. The summed E-state index contributed by atoms with van der Waals surface area (Å²) >= 11 is 0. The largest absolute Gasteiger partial charge is 0.480 e. The Morgan fingerprint density at radius 2 is 2.07 bits per heavy atom. The lowest BCUT2D eigenvalue weighted by atomic mass is 9.85. The van der Waals surface area contributed by atoms with Crippen LogP contribution in [-0.2, 0) is 11.3 Å². The minimum absolute atomic E-state index is 0.0553. The van der Waals surface area contributed by atoms with Crippen LogP contribution in [0.4, 0.5) is 18.0 Å². The summed E-state index contributed by atoms with van der Waals surface area (Å²) in [6, 6.07) is 2.91. The quantitative estimate of drug-likeness (QED) is 0.602. The molecule has 0 saturated heterocycles. The summed E-state index contributed by atoms with van der Waals surface area (Å²) < 4.78 is 42.8. The number of nitrogens with one attached hydrogen (secondary N) is 2. The number of ether oxygens (including phenoxy) is 1. The molecule has 0 spiro atoms. The number of rotatable bonds is 9. The third-order valence-corrected chi connectivity index (χ3v) is 4.43. The molecule has 7 nitrogen and oxygen atoms in total. The van der Waals surface area contributed by atoms with E-state index in [1.165, 1.54) is 12.1 Å². The fourth-order valence-electron chi connectivity index (χ4n) is 3.00. The van der Waals surface area contributed by atoms with Crippen LogP contribution in [0.3, 0.4) is 0 Å². The Morgan fingerprint density at radius 1 is 1.37 bits per heavy atom. The number of urea groups is 1. The lowest BCUT2D eigenvalue weighted by Crippen LogP contribution is -2.56. The van der Waals surface area contributed by atoms with E-state index in [0.29, 0.717) is 19.4 Å². The van der Waals surface area contributed by atoms with Crippen LogP contribution in [-0.4, -0.2) is 53.8 Å². The Hall–Kier alpha value is -2.49. The van der Waals surface area contributed by atoms with Gasteiger partial charge in [0.25, 0.3) is 0 Å². The molecule has 1 fully saturated rings. The standard InChI is InChI=1S/C17H22F3N3O4/c1-2-23(9-15(24)25)11-6-10(7-11)22-17(26)21-8-12-13(18)4-3-5-14(12)27-16(19)20/h3-5,10-11,16H,2,6-9H2,1H3,(H,24,25)(H2,21,22,26). The van der Waals surface area contributed by atoms with Crippen molar-refractivity contribution >= 4 is 12.0 Å². The predicted molar refractivity (Wildman–Crippen MR) is 90.1 cm³/mol. The lowest BCUT2D eigenvalue weighted by molar-refractivity contribution is -0.139. The van der Waals surface area contributed by atoms with Gasteiger partial charge in [0, 0.05) is 17.6 Å². The topological polar surface area (TPSA) is 90.9 Å². The van der Waals surface area contributed by atoms with Crippen molar-refractivity contribution in [3.8, 4) is 5.75 Å². The van der Waals surface area contributed by atoms with E-state index in [2.05, 4.69) is 15.4 Å². The molecule has 0 atom stereocenters. The van der Waals surface area contributed by atoms with E-state index in [-0.39, 0.29) is 36.5 Å². The van der Waals surface area contributed by atoms with Crippen LogP contribution < -0.4 is 15.4 Å². The zero-order valence-corrected chi connectivity index (χ0v) is 14.8. The summed E-state index contributed by atoms with van der Waals surface area (Å²) in [6.07, 6.45) is 1.21. The SMILES string of the molecule is CCN(CC(=O)O)C1CC(NC(=O)NCc2c(F)cccc2OC(F)F)C1. The molecule has 0 bridgehead atoms. The first-order valence-corrected chi connectivity index (χ1v) is 8.52. The highest BCUT2D eigenvalue weighted by molar-refractivity contribution is 5.74. The highest BCUT2D eigenvalue weighted by Gasteiger charge is 2.34. The summed E-state index contributed by atoms with van der Waals surface area (Å²) in [6.45, 7) is -1.00. The van der Waals surface area contributed by atoms with Gasteiger partial charge < -0.3 is 20.5 Å². The van der Waals surface area contributed by atoms with Crippen molar-refractivity contribution in [1.82, 2.24) is 15.5 Å². The monoisotopic (exact) mass is 389 g/mol. The number of carbonyl (C=O) groups is 2. The molecule has 2 rings (SSSR count). The molecule has 1 aromatic rings. The minimum Gasteiger partial charge on any atom is -0.480 e.